The Hall–Kier alpha value is -1.62. The lowest BCUT2D eigenvalue weighted by molar-refractivity contribution is 0.0855. The molecule has 1 saturated heterocycles. The van der Waals surface area contributed by atoms with E-state index in [4.69, 9.17) is 4.74 Å². The van der Waals surface area contributed by atoms with Crippen LogP contribution in [0, 0.1) is 5.82 Å². The fourth-order valence-electron chi connectivity index (χ4n) is 1.80. The summed E-state index contributed by atoms with van der Waals surface area (Å²) in [5.41, 5.74) is -0.0528. The molecule has 0 aliphatic carbocycles. The maximum Gasteiger partial charge on any atom is 0.255 e. The van der Waals surface area contributed by atoms with E-state index in [-0.39, 0.29) is 17.4 Å². The molecule has 0 spiro atoms. The monoisotopic (exact) mass is 239 g/mol. The van der Waals surface area contributed by atoms with Crippen LogP contribution in [0.15, 0.2) is 18.2 Å². The minimum Gasteiger partial charge on any atom is -0.507 e. The first kappa shape index (κ1) is 11.9. The summed E-state index contributed by atoms with van der Waals surface area (Å²) in [4.78, 5) is 11.7. The highest BCUT2D eigenvalue weighted by atomic mass is 19.1. The van der Waals surface area contributed by atoms with E-state index in [1.807, 2.05) is 0 Å². The Morgan fingerprint density at radius 3 is 3.12 bits per heavy atom. The van der Waals surface area contributed by atoms with E-state index in [1.54, 1.807) is 0 Å². The predicted octanol–water partition coefficient (Wildman–Crippen LogP) is 1.44. The first-order chi connectivity index (χ1) is 8.16. The molecule has 0 aromatic heterocycles. The van der Waals surface area contributed by atoms with Gasteiger partial charge >= 0.3 is 0 Å². The number of halogens is 1. The third-order valence-electron chi connectivity index (χ3n) is 2.72. The largest absolute Gasteiger partial charge is 0.507 e. The zero-order valence-corrected chi connectivity index (χ0v) is 9.28. The van der Waals surface area contributed by atoms with Gasteiger partial charge in [0.25, 0.3) is 5.91 Å². The predicted molar refractivity (Wildman–Crippen MR) is 59.4 cm³/mol. The van der Waals surface area contributed by atoms with E-state index < -0.39 is 11.7 Å². The van der Waals surface area contributed by atoms with Crippen LogP contribution in [0.3, 0.4) is 0 Å². The van der Waals surface area contributed by atoms with Gasteiger partial charge in [0.05, 0.1) is 11.7 Å². The zero-order valence-electron chi connectivity index (χ0n) is 9.28. The molecular weight excluding hydrogens is 225 g/mol. The third kappa shape index (κ3) is 2.94. The number of aromatic hydroxyl groups is 1. The van der Waals surface area contributed by atoms with Gasteiger partial charge in [-0.25, -0.2) is 4.39 Å². The number of phenols is 1. The summed E-state index contributed by atoms with van der Waals surface area (Å²) in [6.45, 7) is 1.10. The number of amides is 1. The zero-order chi connectivity index (χ0) is 12.3. The number of nitrogens with one attached hydrogen (secondary N) is 1. The van der Waals surface area contributed by atoms with Gasteiger partial charge in [0.15, 0.2) is 0 Å². The number of rotatable bonds is 3. The summed E-state index contributed by atoms with van der Waals surface area (Å²) in [7, 11) is 0. The average Bonchev–Trinajstić information content (AvgIpc) is 2.82. The minimum atomic E-state index is -0.551. The molecule has 1 unspecified atom stereocenters. The van der Waals surface area contributed by atoms with Crippen molar-refractivity contribution >= 4 is 5.91 Å². The number of hydrogen-bond acceptors (Lipinski definition) is 3. The molecule has 1 aliphatic heterocycles. The highest BCUT2D eigenvalue weighted by Gasteiger charge is 2.18. The standard InChI is InChI=1S/C12H14FNO3/c13-8-3-4-11(15)10(6-8)12(16)14-7-9-2-1-5-17-9/h3-4,6,9,15H,1-2,5,7H2,(H,14,16). The van der Waals surface area contributed by atoms with E-state index in [0.29, 0.717) is 13.2 Å². The van der Waals surface area contributed by atoms with Gasteiger partial charge in [-0.05, 0) is 31.0 Å². The lowest BCUT2D eigenvalue weighted by atomic mass is 10.1. The summed E-state index contributed by atoms with van der Waals surface area (Å²) in [5, 5.41) is 12.1. The number of benzene rings is 1. The van der Waals surface area contributed by atoms with Crippen molar-refractivity contribution in [2.75, 3.05) is 13.2 Å². The van der Waals surface area contributed by atoms with Crippen LogP contribution in [0.2, 0.25) is 0 Å². The van der Waals surface area contributed by atoms with E-state index in [0.717, 1.165) is 31.0 Å². The second-order valence-corrected chi connectivity index (χ2v) is 4.01. The summed E-state index contributed by atoms with van der Waals surface area (Å²) in [5.74, 6) is -1.26. The summed E-state index contributed by atoms with van der Waals surface area (Å²) >= 11 is 0. The number of ether oxygens (including phenoxy) is 1. The SMILES string of the molecule is O=C(NCC1CCCO1)c1cc(F)ccc1O. The number of phenolic OH excluding ortho intramolecular Hbond substituents is 1. The molecular formula is C12H14FNO3. The normalized spacial score (nSPS) is 19.2. The molecule has 2 rings (SSSR count). The number of carbonyl (C=O) groups excluding carboxylic acids is 1. The molecule has 5 heteroatoms. The van der Waals surface area contributed by atoms with Crippen molar-refractivity contribution in [1.82, 2.24) is 5.32 Å². The van der Waals surface area contributed by atoms with Crippen LogP contribution in [0.1, 0.15) is 23.2 Å². The molecule has 1 amide bonds. The second-order valence-electron chi connectivity index (χ2n) is 4.01. The molecule has 0 bridgehead atoms. The highest BCUT2D eigenvalue weighted by Crippen LogP contribution is 2.18. The Balaban J connectivity index is 1.96. The van der Waals surface area contributed by atoms with Gasteiger partial charge in [-0.3, -0.25) is 4.79 Å². The Labute approximate surface area is 98.4 Å². The molecule has 0 radical (unpaired) electrons. The second kappa shape index (κ2) is 5.14. The number of hydrogen-bond donors (Lipinski definition) is 2. The van der Waals surface area contributed by atoms with Crippen LogP contribution >= 0.6 is 0 Å². The van der Waals surface area contributed by atoms with Crippen LogP contribution in [-0.2, 0) is 4.74 Å². The molecule has 1 fully saturated rings. The molecule has 1 aliphatic rings. The van der Waals surface area contributed by atoms with Gasteiger partial charge in [-0.2, -0.15) is 0 Å². The van der Waals surface area contributed by atoms with Gasteiger partial charge in [-0.15, -0.1) is 0 Å². The molecule has 0 saturated carbocycles. The lowest BCUT2D eigenvalue weighted by Gasteiger charge is -2.11. The smallest absolute Gasteiger partial charge is 0.255 e. The van der Waals surface area contributed by atoms with Gasteiger partial charge in [0.1, 0.15) is 11.6 Å². The first-order valence-corrected chi connectivity index (χ1v) is 5.55. The van der Waals surface area contributed by atoms with Crippen molar-refractivity contribution in [2.24, 2.45) is 0 Å². The van der Waals surface area contributed by atoms with Crippen molar-refractivity contribution in [3.8, 4) is 5.75 Å². The topological polar surface area (TPSA) is 58.6 Å². The van der Waals surface area contributed by atoms with Gasteiger partial charge in [0.2, 0.25) is 0 Å². The molecule has 4 nitrogen and oxygen atoms in total. The van der Waals surface area contributed by atoms with Crippen molar-refractivity contribution in [2.45, 2.75) is 18.9 Å². The van der Waals surface area contributed by atoms with Crippen molar-refractivity contribution in [3.63, 3.8) is 0 Å². The van der Waals surface area contributed by atoms with Gasteiger partial charge in [-0.1, -0.05) is 0 Å². The van der Waals surface area contributed by atoms with Crippen LogP contribution in [0.5, 0.6) is 5.75 Å². The maximum atomic E-state index is 12.9. The Morgan fingerprint density at radius 1 is 1.59 bits per heavy atom. The van der Waals surface area contributed by atoms with Crippen molar-refractivity contribution in [3.05, 3.63) is 29.6 Å². The molecule has 1 aromatic carbocycles. The fraction of sp³-hybridized carbons (Fsp3) is 0.417. The molecule has 2 N–H and O–H groups in total. The van der Waals surface area contributed by atoms with Crippen LogP contribution in [0.25, 0.3) is 0 Å². The highest BCUT2D eigenvalue weighted by molar-refractivity contribution is 5.96. The van der Waals surface area contributed by atoms with Crippen LogP contribution in [0.4, 0.5) is 4.39 Å². The van der Waals surface area contributed by atoms with Crippen molar-refractivity contribution in [1.29, 1.82) is 0 Å². The molecule has 1 heterocycles. The molecule has 1 atom stereocenters. The average molecular weight is 239 g/mol. The van der Waals surface area contributed by atoms with Gasteiger partial charge in [0, 0.05) is 13.2 Å². The number of carbonyl (C=O) groups is 1. The van der Waals surface area contributed by atoms with Gasteiger partial charge < -0.3 is 15.2 Å². The quantitative estimate of drug-likeness (QED) is 0.839. The maximum absolute atomic E-state index is 12.9. The van der Waals surface area contributed by atoms with Crippen LogP contribution in [-0.4, -0.2) is 30.3 Å². The Bertz CT molecular complexity index is 416. The fourth-order valence-corrected chi connectivity index (χ4v) is 1.80. The van der Waals surface area contributed by atoms with E-state index >= 15 is 0 Å². The van der Waals surface area contributed by atoms with Crippen molar-refractivity contribution < 1.29 is 19.0 Å². The molecule has 1 aromatic rings. The summed E-state index contributed by atoms with van der Waals surface area (Å²) < 4.78 is 18.3. The third-order valence-corrected chi connectivity index (χ3v) is 2.72. The van der Waals surface area contributed by atoms with E-state index in [2.05, 4.69) is 5.32 Å². The Morgan fingerprint density at radius 2 is 2.41 bits per heavy atom. The van der Waals surface area contributed by atoms with E-state index in [1.165, 1.54) is 0 Å². The minimum absolute atomic E-state index is 0.0228. The Kier molecular flexibility index (Phi) is 3.58. The first-order valence-electron chi connectivity index (χ1n) is 5.55. The summed E-state index contributed by atoms with van der Waals surface area (Å²) in [6, 6.07) is 3.28. The summed E-state index contributed by atoms with van der Waals surface area (Å²) in [6.07, 6.45) is 1.93. The van der Waals surface area contributed by atoms with E-state index in [9.17, 15) is 14.3 Å². The molecule has 92 valence electrons. The lowest BCUT2D eigenvalue weighted by Crippen LogP contribution is -2.31. The molecule has 17 heavy (non-hydrogen) atoms. The van der Waals surface area contributed by atoms with Crippen LogP contribution < -0.4 is 5.32 Å².